The Kier molecular flexibility index (Phi) is 8.23. The zero-order valence-electron chi connectivity index (χ0n) is 26.5. The van der Waals surface area contributed by atoms with Crippen LogP contribution in [-0.2, 0) is 15.4 Å². The molecule has 3 aliphatic heterocycles. The first-order valence-electron chi connectivity index (χ1n) is 16.5. The Bertz CT molecular complexity index is 1840. The quantitative estimate of drug-likeness (QED) is 0.261. The minimum Gasteiger partial charge on any atom is -0.339 e. The van der Waals surface area contributed by atoms with Crippen molar-refractivity contribution < 1.29 is 17.6 Å². The molecule has 7 rings (SSSR count). The number of halogens is 1. The summed E-state index contributed by atoms with van der Waals surface area (Å²) < 4.78 is 43.6. The average molecular weight is 644 g/mol. The van der Waals surface area contributed by atoms with Crippen LogP contribution in [0.25, 0.3) is 11.0 Å². The lowest BCUT2D eigenvalue weighted by molar-refractivity contribution is 0.0606. The van der Waals surface area contributed by atoms with Crippen molar-refractivity contribution in [2.75, 3.05) is 26.7 Å². The fraction of sp³-hybridized carbons (Fsp3) is 0.444. The molecule has 1 N–H and O–H groups in total. The second-order valence-electron chi connectivity index (χ2n) is 13.3. The predicted molar refractivity (Wildman–Crippen MR) is 177 cm³/mol. The number of hydrogen-bond acceptors (Lipinski definition) is 5. The van der Waals surface area contributed by atoms with Crippen LogP contribution in [-0.4, -0.2) is 72.4 Å². The van der Waals surface area contributed by atoms with Gasteiger partial charge in [0.05, 0.1) is 11.0 Å². The summed E-state index contributed by atoms with van der Waals surface area (Å²) in [5, 5.41) is 0. The highest BCUT2D eigenvalue weighted by molar-refractivity contribution is 7.89. The standard InChI is InChI=1S/C36H42FN5O3S/c1-25-39-32-10-6-7-11-33(32)42(25)30-23-28-13-14-29(24-30)41(28)21-18-36(27-8-4-3-5-9-27)16-19-40(20-17-36)35(43)26-12-15-31(37)34(22-26)46(44,45)38-2/h3-12,15,22,28-30,38H,13-14,16-21,23-24H2,1-2H3/t28-,29+,30+. The Hall–Kier alpha value is -3.60. The third-order valence-electron chi connectivity index (χ3n) is 11.0. The highest BCUT2D eigenvalue weighted by Crippen LogP contribution is 2.45. The number of fused-ring (bicyclic) bond motifs is 3. The van der Waals surface area contributed by atoms with Crippen LogP contribution in [0, 0.1) is 12.7 Å². The fourth-order valence-corrected chi connectivity index (χ4v) is 9.36. The van der Waals surface area contributed by atoms with Crippen molar-refractivity contribution in [1.82, 2.24) is 24.1 Å². The number of sulfonamides is 1. The van der Waals surface area contributed by atoms with Crippen LogP contribution in [0.5, 0.6) is 0 Å². The Labute approximate surface area is 270 Å². The second kappa shape index (κ2) is 12.2. The highest BCUT2D eigenvalue weighted by Gasteiger charge is 2.44. The SMILES string of the molecule is CNS(=O)(=O)c1cc(C(=O)N2CCC(CCN3[C@@H]4CC[C@H]3C[C@@H](n3c(C)nc5ccccc53)C4)(c3ccccc3)CC2)ccc1F. The van der Waals surface area contributed by atoms with Crippen molar-refractivity contribution >= 4 is 27.0 Å². The first-order chi connectivity index (χ1) is 22.2. The third kappa shape index (κ3) is 5.54. The van der Waals surface area contributed by atoms with E-state index in [0.29, 0.717) is 31.2 Å². The number of benzene rings is 3. The average Bonchev–Trinajstić information content (AvgIpc) is 3.54. The van der Waals surface area contributed by atoms with Crippen LogP contribution in [0.4, 0.5) is 4.39 Å². The molecular weight excluding hydrogens is 601 g/mol. The summed E-state index contributed by atoms with van der Waals surface area (Å²) in [4.78, 5) is 22.4. The molecule has 0 spiro atoms. The van der Waals surface area contributed by atoms with Crippen LogP contribution in [0.3, 0.4) is 0 Å². The van der Waals surface area contributed by atoms with Crippen molar-refractivity contribution in [3.05, 3.63) is 95.6 Å². The molecule has 1 aromatic heterocycles. The molecule has 0 saturated carbocycles. The van der Waals surface area contributed by atoms with Crippen LogP contribution < -0.4 is 4.72 Å². The number of imidazole rings is 1. The number of piperidine rings is 2. The van der Waals surface area contributed by atoms with Crippen molar-refractivity contribution in [3.63, 3.8) is 0 Å². The summed E-state index contributed by atoms with van der Waals surface area (Å²) in [5.74, 6) is -0.0419. The number of rotatable bonds is 8. The predicted octanol–water partition coefficient (Wildman–Crippen LogP) is 5.82. The number of para-hydroxylation sites is 2. The number of nitrogens with one attached hydrogen (secondary N) is 1. The van der Waals surface area contributed by atoms with E-state index in [9.17, 15) is 17.6 Å². The molecule has 4 heterocycles. The fourth-order valence-electron chi connectivity index (χ4n) is 8.54. The summed E-state index contributed by atoms with van der Waals surface area (Å²) in [6.07, 6.45) is 7.40. The van der Waals surface area contributed by atoms with Gasteiger partial charge in [0.1, 0.15) is 16.5 Å². The lowest BCUT2D eigenvalue weighted by atomic mass is 9.70. The molecule has 4 aromatic rings. The van der Waals surface area contributed by atoms with Gasteiger partial charge in [-0.1, -0.05) is 42.5 Å². The summed E-state index contributed by atoms with van der Waals surface area (Å²) in [6.45, 7) is 4.27. The maximum atomic E-state index is 14.4. The van der Waals surface area contributed by atoms with Crippen LogP contribution in [0.15, 0.2) is 77.7 Å². The summed E-state index contributed by atoms with van der Waals surface area (Å²) in [5.41, 5.74) is 3.75. The zero-order chi connectivity index (χ0) is 32.1. The number of amides is 1. The minimum atomic E-state index is -4.03. The van der Waals surface area contributed by atoms with Gasteiger partial charge in [-0.05, 0) is 107 Å². The maximum Gasteiger partial charge on any atom is 0.253 e. The van der Waals surface area contributed by atoms with Gasteiger partial charge in [0.2, 0.25) is 10.0 Å². The smallest absolute Gasteiger partial charge is 0.253 e. The van der Waals surface area contributed by atoms with Crippen LogP contribution in [0.1, 0.15) is 72.7 Å². The number of carbonyl (C=O) groups excluding carboxylic acids is 1. The molecule has 3 aromatic carbocycles. The summed E-state index contributed by atoms with van der Waals surface area (Å²) in [6, 6.07) is 24.3. The molecule has 8 nitrogen and oxygen atoms in total. The van der Waals surface area contributed by atoms with Gasteiger partial charge in [-0.2, -0.15) is 0 Å². The number of nitrogens with zero attached hydrogens (tertiary/aromatic N) is 4. The van der Waals surface area contributed by atoms with E-state index in [1.807, 2.05) is 6.07 Å². The van der Waals surface area contributed by atoms with Crippen molar-refractivity contribution in [1.29, 1.82) is 0 Å². The van der Waals surface area contributed by atoms with Crippen molar-refractivity contribution in [2.45, 2.75) is 80.3 Å². The maximum absolute atomic E-state index is 14.4. The Balaban J connectivity index is 1.06. The number of likely N-dealkylation sites (tertiary alicyclic amines) is 1. The van der Waals surface area contributed by atoms with Gasteiger partial charge in [0.15, 0.2) is 0 Å². The van der Waals surface area contributed by atoms with E-state index in [0.717, 1.165) is 62.1 Å². The molecule has 242 valence electrons. The Morgan fingerprint density at radius 2 is 1.63 bits per heavy atom. The Morgan fingerprint density at radius 1 is 0.957 bits per heavy atom. The second-order valence-corrected chi connectivity index (χ2v) is 15.2. The van der Waals surface area contributed by atoms with Gasteiger partial charge in [0.25, 0.3) is 5.91 Å². The van der Waals surface area contributed by atoms with E-state index < -0.39 is 20.7 Å². The Morgan fingerprint density at radius 3 is 2.33 bits per heavy atom. The minimum absolute atomic E-state index is 0.0606. The normalized spacial score (nSPS) is 23.2. The molecule has 1 amide bonds. The molecular formula is C36H42FN5O3S. The number of aromatic nitrogens is 2. The molecule has 0 aliphatic carbocycles. The molecule has 0 unspecified atom stereocenters. The van der Waals surface area contributed by atoms with Gasteiger partial charge in [-0.25, -0.2) is 22.5 Å². The van der Waals surface area contributed by atoms with E-state index in [4.69, 9.17) is 4.98 Å². The molecule has 0 radical (unpaired) electrons. The largest absolute Gasteiger partial charge is 0.339 e. The topological polar surface area (TPSA) is 87.5 Å². The van der Waals surface area contributed by atoms with E-state index in [2.05, 4.69) is 69.6 Å². The van der Waals surface area contributed by atoms with Gasteiger partial charge in [-0.15, -0.1) is 0 Å². The lowest BCUT2D eigenvalue weighted by Gasteiger charge is -2.45. The zero-order valence-corrected chi connectivity index (χ0v) is 27.3. The number of aryl methyl sites for hydroxylation is 1. The number of carbonyl (C=O) groups is 1. The molecule has 3 aliphatic rings. The summed E-state index contributed by atoms with van der Waals surface area (Å²) in [7, 11) is -2.80. The molecule has 46 heavy (non-hydrogen) atoms. The van der Waals surface area contributed by atoms with E-state index >= 15 is 0 Å². The third-order valence-corrected chi connectivity index (χ3v) is 12.4. The molecule has 3 atom stereocenters. The van der Waals surface area contributed by atoms with E-state index in [1.165, 1.54) is 37.0 Å². The monoisotopic (exact) mass is 643 g/mol. The molecule has 2 bridgehead atoms. The molecule has 3 saturated heterocycles. The van der Waals surface area contributed by atoms with Crippen LogP contribution in [0.2, 0.25) is 0 Å². The van der Waals surface area contributed by atoms with Gasteiger partial charge in [0, 0.05) is 36.8 Å². The van der Waals surface area contributed by atoms with Crippen LogP contribution >= 0.6 is 0 Å². The molecule has 3 fully saturated rings. The van der Waals surface area contributed by atoms with E-state index in [-0.39, 0.29) is 16.9 Å². The van der Waals surface area contributed by atoms with Crippen molar-refractivity contribution in [3.8, 4) is 0 Å². The summed E-state index contributed by atoms with van der Waals surface area (Å²) >= 11 is 0. The molecule has 10 heteroatoms. The van der Waals surface area contributed by atoms with Gasteiger partial charge >= 0.3 is 0 Å². The van der Waals surface area contributed by atoms with Gasteiger partial charge in [-0.3, -0.25) is 9.69 Å². The van der Waals surface area contributed by atoms with Gasteiger partial charge < -0.3 is 9.47 Å². The highest BCUT2D eigenvalue weighted by atomic mass is 32.2. The first kappa shape index (κ1) is 31.0. The number of hydrogen-bond donors (Lipinski definition) is 1. The van der Waals surface area contributed by atoms with E-state index in [1.54, 1.807) is 4.90 Å². The van der Waals surface area contributed by atoms with Crippen molar-refractivity contribution in [2.24, 2.45) is 0 Å². The lowest BCUT2D eigenvalue weighted by Crippen LogP contribution is -2.49. The first-order valence-corrected chi connectivity index (χ1v) is 17.9.